The molecule has 108 valence electrons. The highest BCUT2D eigenvalue weighted by Crippen LogP contribution is 2.26. The Balaban J connectivity index is 1.85. The molecule has 0 saturated heterocycles. The molecule has 0 atom stereocenters. The Bertz CT molecular complexity index is 805. The molecule has 0 aliphatic carbocycles. The van der Waals surface area contributed by atoms with Crippen LogP contribution in [0.4, 0.5) is 11.8 Å². The van der Waals surface area contributed by atoms with Crippen molar-refractivity contribution < 1.29 is 4.74 Å². The number of H-pyrrole nitrogens is 1. The Morgan fingerprint density at radius 2 is 2.00 bits per heavy atom. The van der Waals surface area contributed by atoms with Gasteiger partial charge >= 0.3 is 0 Å². The van der Waals surface area contributed by atoms with E-state index in [4.69, 9.17) is 10.00 Å². The quantitative estimate of drug-likeness (QED) is 0.766. The van der Waals surface area contributed by atoms with E-state index in [-0.39, 0.29) is 0 Å². The first-order valence-electron chi connectivity index (χ1n) is 6.47. The molecule has 3 rings (SSSR count). The smallest absolute Gasteiger partial charge is 0.228 e. The number of anilines is 2. The van der Waals surface area contributed by atoms with Gasteiger partial charge in [0.15, 0.2) is 0 Å². The summed E-state index contributed by atoms with van der Waals surface area (Å²) in [5.41, 5.74) is 2.20. The number of nitrogens with zero attached hydrogens (tertiary/aromatic N) is 4. The Labute approximate surface area is 126 Å². The lowest BCUT2D eigenvalue weighted by Crippen LogP contribution is -1.97. The van der Waals surface area contributed by atoms with E-state index in [2.05, 4.69) is 31.6 Å². The third-order valence-electron chi connectivity index (χ3n) is 3.05. The van der Waals surface area contributed by atoms with Gasteiger partial charge in [0, 0.05) is 24.0 Å². The van der Waals surface area contributed by atoms with Crippen LogP contribution in [0.2, 0.25) is 0 Å². The number of methoxy groups -OCH3 is 1. The Hall–Kier alpha value is -3.40. The van der Waals surface area contributed by atoms with Crippen molar-refractivity contribution in [1.82, 2.24) is 20.2 Å². The molecular weight excluding hydrogens is 280 g/mol. The van der Waals surface area contributed by atoms with Crippen LogP contribution in [-0.4, -0.2) is 27.3 Å². The number of aromatic amines is 1. The standard InChI is InChI=1S/C15H12N6O/c1-22-13-6-10(2-3-11(13)7-16)12-8-17-15(18-9-12)20-14-4-5-19-21-14/h2-6,8-9H,1H3,(H2,17,18,19,20,21). The van der Waals surface area contributed by atoms with Gasteiger partial charge in [-0.3, -0.25) is 5.10 Å². The van der Waals surface area contributed by atoms with Crippen LogP contribution in [0.15, 0.2) is 42.9 Å². The molecule has 0 aliphatic rings. The van der Waals surface area contributed by atoms with Crippen molar-refractivity contribution in [2.24, 2.45) is 0 Å². The van der Waals surface area contributed by atoms with Crippen LogP contribution in [0.25, 0.3) is 11.1 Å². The third-order valence-corrected chi connectivity index (χ3v) is 3.05. The first-order valence-corrected chi connectivity index (χ1v) is 6.47. The fraction of sp³-hybridized carbons (Fsp3) is 0.0667. The fourth-order valence-corrected chi connectivity index (χ4v) is 1.95. The summed E-state index contributed by atoms with van der Waals surface area (Å²) in [5.74, 6) is 1.71. The number of aromatic nitrogens is 4. The highest BCUT2D eigenvalue weighted by molar-refractivity contribution is 5.66. The maximum absolute atomic E-state index is 9.00. The van der Waals surface area contributed by atoms with Crippen LogP contribution in [0.3, 0.4) is 0 Å². The molecule has 0 fully saturated rings. The van der Waals surface area contributed by atoms with Crippen molar-refractivity contribution in [1.29, 1.82) is 5.26 Å². The van der Waals surface area contributed by atoms with Gasteiger partial charge < -0.3 is 10.1 Å². The molecule has 0 unspecified atom stereocenters. The average molecular weight is 292 g/mol. The maximum atomic E-state index is 9.00. The van der Waals surface area contributed by atoms with Crippen LogP contribution < -0.4 is 10.1 Å². The number of nitriles is 1. The van der Waals surface area contributed by atoms with E-state index in [1.807, 2.05) is 6.07 Å². The third kappa shape index (κ3) is 2.71. The van der Waals surface area contributed by atoms with Crippen LogP contribution in [-0.2, 0) is 0 Å². The van der Waals surface area contributed by atoms with E-state index in [0.717, 1.165) is 11.1 Å². The van der Waals surface area contributed by atoms with E-state index in [0.29, 0.717) is 23.1 Å². The van der Waals surface area contributed by atoms with Gasteiger partial charge in [-0.25, -0.2) is 9.97 Å². The van der Waals surface area contributed by atoms with Crippen molar-refractivity contribution in [3.63, 3.8) is 0 Å². The van der Waals surface area contributed by atoms with Gasteiger partial charge in [0.1, 0.15) is 17.6 Å². The topological polar surface area (TPSA) is 99.5 Å². The predicted molar refractivity (Wildman–Crippen MR) is 80.6 cm³/mol. The zero-order chi connectivity index (χ0) is 15.4. The molecule has 0 bridgehead atoms. The van der Waals surface area contributed by atoms with E-state index in [9.17, 15) is 0 Å². The van der Waals surface area contributed by atoms with Crippen LogP contribution in [0.5, 0.6) is 5.75 Å². The van der Waals surface area contributed by atoms with Gasteiger partial charge in [-0.15, -0.1) is 0 Å². The average Bonchev–Trinajstić information content (AvgIpc) is 3.08. The van der Waals surface area contributed by atoms with Crippen molar-refractivity contribution in [2.75, 3.05) is 12.4 Å². The first-order chi connectivity index (χ1) is 10.8. The van der Waals surface area contributed by atoms with Crippen molar-refractivity contribution in [3.05, 3.63) is 48.4 Å². The van der Waals surface area contributed by atoms with E-state index in [1.54, 1.807) is 36.8 Å². The summed E-state index contributed by atoms with van der Waals surface area (Å²) in [7, 11) is 1.54. The minimum atomic E-state index is 0.466. The van der Waals surface area contributed by atoms with Crippen molar-refractivity contribution in [2.45, 2.75) is 0 Å². The highest BCUT2D eigenvalue weighted by atomic mass is 16.5. The summed E-state index contributed by atoms with van der Waals surface area (Å²) in [6, 6.07) is 9.20. The first kappa shape index (κ1) is 13.6. The second kappa shape index (κ2) is 5.93. The predicted octanol–water partition coefficient (Wildman–Crippen LogP) is 2.49. The van der Waals surface area contributed by atoms with Gasteiger partial charge in [-0.05, 0) is 17.7 Å². The Morgan fingerprint density at radius 3 is 2.64 bits per heavy atom. The number of rotatable bonds is 4. The molecule has 3 aromatic rings. The number of ether oxygens (including phenoxy) is 1. The van der Waals surface area contributed by atoms with E-state index >= 15 is 0 Å². The number of nitrogens with one attached hydrogen (secondary N) is 2. The molecule has 0 radical (unpaired) electrons. The monoisotopic (exact) mass is 292 g/mol. The summed E-state index contributed by atoms with van der Waals surface area (Å²) in [6.07, 6.45) is 5.04. The SMILES string of the molecule is COc1cc(-c2cnc(Nc3ccn[nH]3)nc2)ccc1C#N. The molecule has 0 spiro atoms. The minimum absolute atomic E-state index is 0.466. The Kier molecular flexibility index (Phi) is 3.66. The molecular formula is C15H12N6O. The summed E-state index contributed by atoms with van der Waals surface area (Å²) in [5, 5.41) is 18.6. The lowest BCUT2D eigenvalue weighted by Gasteiger charge is -2.07. The molecule has 2 N–H and O–H groups in total. The largest absolute Gasteiger partial charge is 0.495 e. The zero-order valence-corrected chi connectivity index (χ0v) is 11.7. The number of benzene rings is 1. The molecule has 2 aromatic heterocycles. The van der Waals surface area contributed by atoms with E-state index < -0.39 is 0 Å². The molecule has 7 heteroatoms. The van der Waals surface area contributed by atoms with E-state index in [1.165, 1.54) is 7.11 Å². The Morgan fingerprint density at radius 1 is 1.18 bits per heavy atom. The summed E-state index contributed by atoms with van der Waals surface area (Å²) < 4.78 is 5.21. The highest BCUT2D eigenvalue weighted by Gasteiger charge is 2.07. The summed E-state index contributed by atoms with van der Waals surface area (Å²) >= 11 is 0. The van der Waals surface area contributed by atoms with Crippen LogP contribution in [0, 0.1) is 11.3 Å². The van der Waals surface area contributed by atoms with Gasteiger partial charge in [0.05, 0.1) is 18.9 Å². The van der Waals surface area contributed by atoms with Gasteiger partial charge in [-0.2, -0.15) is 10.4 Å². The molecule has 0 amide bonds. The second-order valence-electron chi connectivity index (χ2n) is 4.42. The van der Waals surface area contributed by atoms with Gasteiger partial charge in [0.2, 0.25) is 5.95 Å². The summed E-state index contributed by atoms with van der Waals surface area (Å²) in [6.45, 7) is 0. The fourth-order valence-electron chi connectivity index (χ4n) is 1.95. The summed E-state index contributed by atoms with van der Waals surface area (Å²) in [4.78, 5) is 8.50. The molecule has 2 heterocycles. The zero-order valence-electron chi connectivity index (χ0n) is 11.7. The molecule has 22 heavy (non-hydrogen) atoms. The second-order valence-corrected chi connectivity index (χ2v) is 4.42. The van der Waals surface area contributed by atoms with Crippen molar-refractivity contribution in [3.8, 4) is 22.9 Å². The van der Waals surface area contributed by atoms with Crippen LogP contribution >= 0.6 is 0 Å². The maximum Gasteiger partial charge on any atom is 0.228 e. The lowest BCUT2D eigenvalue weighted by atomic mass is 10.1. The molecule has 7 nitrogen and oxygen atoms in total. The normalized spacial score (nSPS) is 10.0. The van der Waals surface area contributed by atoms with Gasteiger partial charge in [-0.1, -0.05) is 6.07 Å². The van der Waals surface area contributed by atoms with Crippen LogP contribution in [0.1, 0.15) is 5.56 Å². The number of hydrogen-bond acceptors (Lipinski definition) is 6. The minimum Gasteiger partial charge on any atom is -0.495 e. The number of hydrogen-bond donors (Lipinski definition) is 2. The molecule has 0 aliphatic heterocycles. The van der Waals surface area contributed by atoms with Crippen molar-refractivity contribution >= 4 is 11.8 Å². The van der Waals surface area contributed by atoms with Gasteiger partial charge in [0.25, 0.3) is 0 Å². The molecule has 1 aromatic carbocycles. The lowest BCUT2D eigenvalue weighted by molar-refractivity contribution is 0.413. The molecule has 0 saturated carbocycles.